The topological polar surface area (TPSA) is 15.3 Å². The molecule has 2 bridgehead atoms. The van der Waals surface area contributed by atoms with Crippen LogP contribution in [0.3, 0.4) is 0 Å². The molecule has 0 aromatic carbocycles. The fraction of sp³-hybridized carbons (Fsp3) is 1.00. The predicted molar refractivity (Wildman–Crippen MR) is 72.0 cm³/mol. The van der Waals surface area contributed by atoms with Crippen LogP contribution in [-0.2, 0) is 0 Å². The van der Waals surface area contributed by atoms with E-state index in [0.717, 1.165) is 35.9 Å². The highest BCUT2D eigenvalue weighted by molar-refractivity contribution is 5.01. The lowest BCUT2D eigenvalue weighted by Crippen LogP contribution is -2.57. The molecule has 0 aromatic heterocycles. The summed E-state index contributed by atoms with van der Waals surface area (Å²) in [6.07, 6.45) is 7.27. The van der Waals surface area contributed by atoms with Gasteiger partial charge in [0.25, 0.3) is 0 Å². The van der Waals surface area contributed by atoms with Gasteiger partial charge in [0.1, 0.15) is 0 Å². The van der Waals surface area contributed by atoms with Gasteiger partial charge in [0.2, 0.25) is 0 Å². The molecule has 2 aliphatic carbocycles. The third-order valence-corrected chi connectivity index (χ3v) is 5.63. The highest BCUT2D eigenvalue weighted by Crippen LogP contribution is 2.43. The first-order valence-electron chi connectivity index (χ1n) is 7.62. The Morgan fingerprint density at radius 3 is 2.47 bits per heavy atom. The van der Waals surface area contributed by atoms with Gasteiger partial charge in [-0.3, -0.25) is 4.90 Å². The summed E-state index contributed by atoms with van der Waals surface area (Å²) in [7, 11) is 2.16. The maximum atomic E-state index is 3.61. The Bertz CT molecular complexity index is 278. The van der Waals surface area contributed by atoms with Gasteiger partial charge in [-0.25, -0.2) is 0 Å². The van der Waals surface area contributed by atoms with Crippen molar-refractivity contribution in [3.05, 3.63) is 0 Å². The van der Waals surface area contributed by atoms with Crippen molar-refractivity contribution < 1.29 is 0 Å². The molecule has 6 atom stereocenters. The van der Waals surface area contributed by atoms with Crippen LogP contribution in [0.15, 0.2) is 0 Å². The van der Waals surface area contributed by atoms with Crippen LogP contribution in [0.5, 0.6) is 0 Å². The van der Waals surface area contributed by atoms with E-state index in [0.29, 0.717) is 0 Å². The maximum Gasteiger partial charge on any atom is 0.0278 e. The van der Waals surface area contributed by atoms with Gasteiger partial charge in [-0.15, -0.1) is 0 Å². The number of nitrogens with one attached hydrogen (secondary N) is 1. The number of piperidine rings is 1. The standard InChI is InChI=1S/C15H28N2/c1-10-6-11(2)15(14(7-10)16-3)17-9-12-4-5-13(17)8-12/h10-16H,4-9H2,1-3H3. The Morgan fingerprint density at radius 1 is 1.06 bits per heavy atom. The molecule has 0 spiro atoms. The van der Waals surface area contributed by atoms with Crippen molar-refractivity contribution in [2.75, 3.05) is 13.6 Å². The van der Waals surface area contributed by atoms with Crippen LogP contribution in [-0.4, -0.2) is 36.6 Å². The lowest BCUT2D eigenvalue weighted by molar-refractivity contribution is 0.0419. The van der Waals surface area contributed by atoms with Crippen LogP contribution in [0, 0.1) is 17.8 Å². The van der Waals surface area contributed by atoms with E-state index in [1.165, 1.54) is 38.6 Å². The summed E-state index contributed by atoms with van der Waals surface area (Å²) in [5.74, 6) is 2.80. The highest BCUT2D eigenvalue weighted by Gasteiger charge is 2.46. The minimum Gasteiger partial charge on any atom is -0.315 e. The van der Waals surface area contributed by atoms with Crippen molar-refractivity contribution in [3.63, 3.8) is 0 Å². The first kappa shape index (κ1) is 12.0. The van der Waals surface area contributed by atoms with Gasteiger partial charge < -0.3 is 5.32 Å². The summed E-state index contributed by atoms with van der Waals surface area (Å²) in [4.78, 5) is 2.88. The number of likely N-dealkylation sites (N-methyl/N-ethyl adjacent to an activating group) is 1. The van der Waals surface area contributed by atoms with E-state index in [-0.39, 0.29) is 0 Å². The third kappa shape index (κ3) is 2.04. The number of rotatable bonds is 2. The molecule has 1 aliphatic heterocycles. The first-order valence-corrected chi connectivity index (χ1v) is 7.62. The molecule has 98 valence electrons. The molecule has 2 nitrogen and oxygen atoms in total. The van der Waals surface area contributed by atoms with Gasteiger partial charge in [-0.1, -0.05) is 13.8 Å². The summed E-state index contributed by atoms with van der Waals surface area (Å²) >= 11 is 0. The largest absolute Gasteiger partial charge is 0.315 e. The van der Waals surface area contributed by atoms with Crippen LogP contribution in [0.1, 0.15) is 46.0 Å². The average Bonchev–Trinajstić information content (AvgIpc) is 2.89. The molecule has 3 rings (SSSR count). The SMILES string of the molecule is CNC1CC(C)CC(C)C1N1CC2CCC1C2. The minimum absolute atomic E-state index is 0.730. The minimum atomic E-state index is 0.730. The monoisotopic (exact) mass is 236 g/mol. The summed E-state index contributed by atoms with van der Waals surface area (Å²) in [6, 6.07) is 2.47. The van der Waals surface area contributed by atoms with Crippen LogP contribution >= 0.6 is 0 Å². The van der Waals surface area contributed by atoms with E-state index < -0.39 is 0 Å². The maximum absolute atomic E-state index is 3.61. The molecule has 1 N–H and O–H groups in total. The number of likely N-dealkylation sites (tertiary alicyclic amines) is 1. The molecule has 1 heterocycles. The third-order valence-electron chi connectivity index (χ3n) is 5.63. The van der Waals surface area contributed by atoms with Gasteiger partial charge >= 0.3 is 0 Å². The summed E-state index contributed by atoms with van der Waals surface area (Å²) in [5.41, 5.74) is 0. The molecule has 3 fully saturated rings. The van der Waals surface area contributed by atoms with E-state index in [1.54, 1.807) is 0 Å². The second-order valence-corrected chi connectivity index (χ2v) is 6.97. The van der Waals surface area contributed by atoms with E-state index in [2.05, 4.69) is 31.1 Å². The van der Waals surface area contributed by atoms with Crippen LogP contribution in [0.2, 0.25) is 0 Å². The first-order chi connectivity index (χ1) is 8.19. The number of hydrogen-bond donors (Lipinski definition) is 1. The predicted octanol–water partition coefficient (Wildman–Crippen LogP) is 2.49. The van der Waals surface area contributed by atoms with Crippen molar-refractivity contribution in [1.82, 2.24) is 10.2 Å². The Morgan fingerprint density at radius 2 is 1.88 bits per heavy atom. The Hall–Kier alpha value is -0.0800. The zero-order valence-corrected chi connectivity index (χ0v) is 11.7. The van der Waals surface area contributed by atoms with E-state index in [4.69, 9.17) is 0 Å². The summed E-state index contributed by atoms with van der Waals surface area (Å²) in [6.45, 7) is 6.30. The molecule has 17 heavy (non-hydrogen) atoms. The Kier molecular flexibility index (Phi) is 3.20. The molecule has 2 heteroatoms. The van der Waals surface area contributed by atoms with Crippen molar-refractivity contribution in [2.45, 2.75) is 64.1 Å². The van der Waals surface area contributed by atoms with E-state index in [9.17, 15) is 0 Å². The molecule has 2 saturated carbocycles. The average molecular weight is 236 g/mol. The molecular formula is C15H28N2. The molecule has 0 aromatic rings. The number of hydrogen-bond acceptors (Lipinski definition) is 2. The van der Waals surface area contributed by atoms with Crippen LogP contribution in [0.4, 0.5) is 0 Å². The molecule has 1 saturated heterocycles. The molecule has 0 amide bonds. The van der Waals surface area contributed by atoms with Gasteiger partial charge in [0, 0.05) is 24.7 Å². The second-order valence-electron chi connectivity index (χ2n) is 6.97. The van der Waals surface area contributed by atoms with Crippen molar-refractivity contribution in [1.29, 1.82) is 0 Å². The van der Waals surface area contributed by atoms with E-state index in [1.807, 2.05) is 0 Å². The van der Waals surface area contributed by atoms with Gasteiger partial charge in [0.05, 0.1) is 0 Å². The summed E-state index contributed by atoms with van der Waals surface area (Å²) in [5, 5.41) is 3.61. The second kappa shape index (κ2) is 4.55. The zero-order valence-electron chi connectivity index (χ0n) is 11.7. The lowest BCUT2D eigenvalue weighted by atomic mass is 9.75. The van der Waals surface area contributed by atoms with E-state index >= 15 is 0 Å². The van der Waals surface area contributed by atoms with Crippen molar-refractivity contribution in [2.24, 2.45) is 17.8 Å². The number of nitrogens with zero attached hydrogens (tertiary/aromatic N) is 1. The quantitative estimate of drug-likeness (QED) is 0.792. The van der Waals surface area contributed by atoms with Crippen molar-refractivity contribution >= 4 is 0 Å². The normalized spacial score (nSPS) is 51.0. The van der Waals surface area contributed by atoms with Gasteiger partial charge in [0.15, 0.2) is 0 Å². The fourth-order valence-corrected chi connectivity index (χ4v) is 5.01. The Balaban J connectivity index is 1.75. The van der Waals surface area contributed by atoms with Gasteiger partial charge in [-0.2, -0.15) is 0 Å². The van der Waals surface area contributed by atoms with Gasteiger partial charge in [-0.05, 0) is 56.9 Å². The summed E-state index contributed by atoms with van der Waals surface area (Å²) < 4.78 is 0. The van der Waals surface area contributed by atoms with Crippen LogP contribution < -0.4 is 5.32 Å². The molecular weight excluding hydrogens is 208 g/mol. The fourth-order valence-electron chi connectivity index (χ4n) is 5.01. The zero-order chi connectivity index (χ0) is 12.0. The van der Waals surface area contributed by atoms with Crippen LogP contribution in [0.25, 0.3) is 0 Å². The molecule has 0 radical (unpaired) electrons. The highest BCUT2D eigenvalue weighted by atomic mass is 15.2. The molecule has 3 aliphatic rings. The lowest BCUT2D eigenvalue weighted by Gasteiger charge is -2.47. The smallest absolute Gasteiger partial charge is 0.0278 e. The Labute approximate surface area is 106 Å². The van der Waals surface area contributed by atoms with Crippen molar-refractivity contribution in [3.8, 4) is 0 Å². The number of fused-ring (bicyclic) bond motifs is 2. The molecule has 6 unspecified atom stereocenters.